The lowest BCUT2D eigenvalue weighted by Gasteiger charge is -2.33. The zero-order valence-electron chi connectivity index (χ0n) is 9.74. The molecule has 2 rings (SSSR count). The van der Waals surface area contributed by atoms with Crippen LogP contribution in [0.3, 0.4) is 0 Å². The first-order chi connectivity index (χ1) is 7.18. The lowest BCUT2D eigenvalue weighted by molar-refractivity contribution is 0.265. The van der Waals surface area contributed by atoms with E-state index in [2.05, 4.69) is 26.0 Å². The van der Waals surface area contributed by atoms with E-state index in [4.69, 9.17) is 5.73 Å². The van der Waals surface area contributed by atoms with Crippen molar-refractivity contribution in [3.8, 4) is 0 Å². The highest BCUT2D eigenvalue weighted by molar-refractivity contribution is 5.48. The molecular formula is C14H21N. The predicted octanol–water partition coefficient (Wildman–Crippen LogP) is 3.81. The molecule has 0 aliphatic heterocycles. The SMILES string of the molecule is C[C@@H]1CC[C@H](C)[C@H](c2ccccc2N)C1. The number of benzene rings is 1. The van der Waals surface area contributed by atoms with E-state index >= 15 is 0 Å². The van der Waals surface area contributed by atoms with Crippen LogP contribution in [0.4, 0.5) is 5.69 Å². The third kappa shape index (κ3) is 2.17. The molecular weight excluding hydrogens is 182 g/mol. The molecule has 0 radical (unpaired) electrons. The molecule has 0 unspecified atom stereocenters. The van der Waals surface area contributed by atoms with Gasteiger partial charge in [-0.05, 0) is 42.2 Å². The van der Waals surface area contributed by atoms with Crippen molar-refractivity contribution in [2.75, 3.05) is 5.73 Å². The van der Waals surface area contributed by atoms with E-state index < -0.39 is 0 Å². The molecule has 15 heavy (non-hydrogen) atoms. The molecule has 1 aromatic carbocycles. The Kier molecular flexibility index (Phi) is 2.99. The van der Waals surface area contributed by atoms with E-state index in [0.29, 0.717) is 5.92 Å². The maximum Gasteiger partial charge on any atom is 0.0349 e. The summed E-state index contributed by atoms with van der Waals surface area (Å²) in [4.78, 5) is 0. The molecule has 0 bridgehead atoms. The number of hydrogen-bond acceptors (Lipinski definition) is 1. The largest absolute Gasteiger partial charge is 0.398 e. The average molecular weight is 203 g/mol. The summed E-state index contributed by atoms with van der Waals surface area (Å²) in [6, 6.07) is 8.36. The van der Waals surface area contributed by atoms with Gasteiger partial charge in [0.2, 0.25) is 0 Å². The lowest BCUT2D eigenvalue weighted by atomic mass is 9.72. The van der Waals surface area contributed by atoms with Crippen LogP contribution < -0.4 is 5.73 Å². The molecule has 1 aromatic rings. The summed E-state index contributed by atoms with van der Waals surface area (Å²) in [6.07, 6.45) is 4.03. The van der Waals surface area contributed by atoms with Crippen LogP contribution in [-0.2, 0) is 0 Å². The fraction of sp³-hybridized carbons (Fsp3) is 0.571. The van der Waals surface area contributed by atoms with Crippen molar-refractivity contribution in [1.29, 1.82) is 0 Å². The zero-order valence-corrected chi connectivity index (χ0v) is 9.74. The van der Waals surface area contributed by atoms with Crippen LogP contribution in [-0.4, -0.2) is 0 Å². The molecule has 0 saturated heterocycles. The van der Waals surface area contributed by atoms with E-state index in [0.717, 1.165) is 17.5 Å². The molecule has 3 atom stereocenters. The summed E-state index contributed by atoms with van der Waals surface area (Å²) in [6.45, 7) is 4.72. The van der Waals surface area contributed by atoms with Crippen LogP contribution in [0.1, 0.15) is 44.6 Å². The topological polar surface area (TPSA) is 26.0 Å². The van der Waals surface area contributed by atoms with Gasteiger partial charge in [0.25, 0.3) is 0 Å². The van der Waals surface area contributed by atoms with Crippen LogP contribution in [0.15, 0.2) is 24.3 Å². The predicted molar refractivity (Wildman–Crippen MR) is 65.8 cm³/mol. The second kappa shape index (κ2) is 4.26. The summed E-state index contributed by atoms with van der Waals surface area (Å²) < 4.78 is 0. The van der Waals surface area contributed by atoms with Crippen molar-refractivity contribution < 1.29 is 0 Å². The fourth-order valence-electron chi connectivity index (χ4n) is 2.81. The maximum atomic E-state index is 6.06. The van der Waals surface area contributed by atoms with Gasteiger partial charge in [0, 0.05) is 5.69 Å². The third-order valence-corrected chi connectivity index (χ3v) is 3.85. The maximum absolute atomic E-state index is 6.06. The molecule has 0 spiro atoms. The quantitative estimate of drug-likeness (QED) is 0.690. The molecule has 1 nitrogen and oxygen atoms in total. The molecule has 0 heterocycles. The molecule has 1 saturated carbocycles. The zero-order chi connectivity index (χ0) is 10.8. The summed E-state index contributed by atoms with van der Waals surface area (Å²) >= 11 is 0. The number of nitrogen functional groups attached to an aromatic ring is 1. The standard InChI is InChI=1S/C14H21N/c1-10-7-8-11(2)13(9-10)12-5-3-4-6-14(12)15/h3-6,10-11,13H,7-9,15H2,1-2H3/t10-,11+,13-/m1/s1. The van der Waals surface area contributed by atoms with Crippen molar-refractivity contribution in [1.82, 2.24) is 0 Å². The van der Waals surface area contributed by atoms with Crippen LogP contribution >= 0.6 is 0 Å². The monoisotopic (exact) mass is 203 g/mol. The van der Waals surface area contributed by atoms with Gasteiger partial charge in [0.1, 0.15) is 0 Å². The van der Waals surface area contributed by atoms with Gasteiger partial charge in [-0.1, -0.05) is 38.5 Å². The number of para-hydroxylation sites is 1. The van der Waals surface area contributed by atoms with Crippen molar-refractivity contribution in [2.24, 2.45) is 11.8 Å². The molecule has 0 amide bonds. The minimum atomic E-state index is 0.676. The molecule has 1 aliphatic rings. The number of nitrogens with two attached hydrogens (primary N) is 1. The average Bonchev–Trinajstić information content (AvgIpc) is 2.23. The summed E-state index contributed by atoms with van der Waals surface area (Å²) in [7, 11) is 0. The van der Waals surface area contributed by atoms with Gasteiger partial charge in [-0.15, -0.1) is 0 Å². The number of hydrogen-bond donors (Lipinski definition) is 1. The molecule has 1 aliphatic carbocycles. The van der Waals surface area contributed by atoms with Crippen molar-refractivity contribution in [3.63, 3.8) is 0 Å². The Morgan fingerprint density at radius 1 is 1.13 bits per heavy atom. The Morgan fingerprint density at radius 2 is 1.87 bits per heavy atom. The van der Waals surface area contributed by atoms with Gasteiger partial charge in [0.15, 0.2) is 0 Å². The van der Waals surface area contributed by atoms with E-state index in [-0.39, 0.29) is 0 Å². The number of rotatable bonds is 1. The highest BCUT2D eigenvalue weighted by Gasteiger charge is 2.27. The minimum Gasteiger partial charge on any atom is -0.398 e. The van der Waals surface area contributed by atoms with Gasteiger partial charge in [-0.25, -0.2) is 0 Å². The van der Waals surface area contributed by atoms with E-state index in [1.165, 1.54) is 24.8 Å². The Balaban J connectivity index is 2.25. The Hall–Kier alpha value is -0.980. The summed E-state index contributed by atoms with van der Waals surface area (Å²) in [5.74, 6) is 2.31. The smallest absolute Gasteiger partial charge is 0.0349 e. The summed E-state index contributed by atoms with van der Waals surface area (Å²) in [5.41, 5.74) is 8.41. The van der Waals surface area contributed by atoms with Gasteiger partial charge < -0.3 is 5.73 Å². The fourth-order valence-corrected chi connectivity index (χ4v) is 2.81. The van der Waals surface area contributed by atoms with Gasteiger partial charge in [0.05, 0.1) is 0 Å². The van der Waals surface area contributed by atoms with Gasteiger partial charge >= 0.3 is 0 Å². The first-order valence-corrected chi connectivity index (χ1v) is 6.03. The van der Waals surface area contributed by atoms with Gasteiger partial charge in [-0.2, -0.15) is 0 Å². The van der Waals surface area contributed by atoms with Crippen LogP contribution in [0.5, 0.6) is 0 Å². The Labute approximate surface area is 92.7 Å². The van der Waals surface area contributed by atoms with E-state index in [1.807, 2.05) is 12.1 Å². The third-order valence-electron chi connectivity index (χ3n) is 3.85. The molecule has 2 N–H and O–H groups in total. The van der Waals surface area contributed by atoms with E-state index in [9.17, 15) is 0 Å². The highest BCUT2D eigenvalue weighted by Crippen LogP contribution is 2.41. The Bertz CT molecular complexity index is 332. The van der Waals surface area contributed by atoms with Crippen LogP contribution in [0, 0.1) is 11.8 Å². The minimum absolute atomic E-state index is 0.676. The number of anilines is 1. The second-order valence-corrected chi connectivity index (χ2v) is 5.13. The first kappa shape index (κ1) is 10.5. The van der Waals surface area contributed by atoms with Crippen molar-refractivity contribution in [2.45, 2.75) is 39.0 Å². The first-order valence-electron chi connectivity index (χ1n) is 6.03. The summed E-state index contributed by atoms with van der Waals surface area (Å²) in [5, 5.41) is 0. The Morgan fingerprint density at radius 3 is 2.60 bits per heavy atom. The molecule has 1 heteroatoms. The molecule has 82 valence electrons. The normalized spacial score (nSPS) is 31.5. The van der Waals surface area contributed by atoms with Crippen LogP contribution in [0.2, 0.25) is 0 Å². The van der Waals surface area contributed by atoms with Crippen LogP contribution in [0.25, 0.3) is 0 Å². The molecule has 1 fully saturated rings. The van der Waals surface area contributed by atoms with Gasteiger partial charge in [-0.3, -0.25) is 0 Å². The highest BCUT2D eigenvalue weighted by atomic mass is 14.6. The lowest BCUT2D eigenvalue weighted by Crippen LogP contribution is -2.20. The van der Waals surface area contributed by atoms with Crippen molar-refractivity contribution in [3.05, 3.63) is 29.8 Å². The second-order valence-electron chi connectivity index (χ2n) is 5.13. The van der Waals surface area contributed by atoms with Crippen molar-refractivity contribution >= 4 is 5.69 Å². The molecule has 0 aromatic heterocycles. The van der Waals surface area contributed by atoms with E-state index in [1.54, 1.807) is 0 Å².